The van der Waals surface area contributed by atoms with Gasteiger partial charge in [-0.15, -0.1) is 0 Å². The van der Waals surface area contributed by atoms with Crippen molar-refractivity contribution in [2.24, 2.45) is 17.4 Å². The van der Waals surface area contributed by atoms with Gasteiger partial charge in [-0.1, -0.05) is 125 Å². The van der Waals surface area contributed by atoms with Crippen LogP contribution in [0.1, 0.15) is 51.7 Å². The van der Waals surface area contributed by atoms with E-state index in [0.29, 0.717) is 19.6 Å². The molecule has 47 heavy (non-hydrogen) atoms. The van der Waals surface area contributed by atoms with Crippen molar-refractivity contribution < 1.29 is 0 Å². The highest BCUT2D eigenvalue weighted by atomic mass is 15.2. The Hall–Kier alpha value is -3.78. The summed E-state index contributed by atoms with van der Waals surface area (Å²) in [6, 6.07) is 20.9. The maximum atomic E-state index is 5.83. The van der Waals surface area contributed by atoms with E-state index in [1.165, 1.54) is 11.1 Å². The summed E-state index contributed by atoms with van der Waals surface area (Å²) in [5.41, 5.74) is 18.9. The fourth-order valence-electron chi connectivity index (χ4n) is 4.80. The van der Waals surface area contributed by atoms with Crippen LogP contribution < -0.4 is 32.7 Å². The van der Waals surface area contributed by atoms with E-state index in [-0.39, 0.29) is 18.1 Å². The standard InChI is InChI=1S/C29H47N7.C7H8.C4H10/c1-21(2)29-20-36(16-15-32-29)25(6)27(13-10-14-30)35-23(4)19-33-24(5)28(34-22(3)18-31)17-26-11-8-7-9-12-26;1-7-5-3-2-4-6-7;1-4(2)3/h7-9,11-12,27-29,32-35H,1,3-6,10,13-20,30-31H2,2H3;2-6H,1H3;4H,1-3H3. The topological polar surface area (TPSA) is 103 Å². The first-order valence-electron chi connectivity index (χ1n) is 17.0. The van der Waals surface area contributed by atoms with Crippen LogP contribution in [0.25, 0.3) is 0 Å². The van der Waals surface area contributed by atoms with E-state index < -0.39 is 0 Å². The Morgan fingerprint density at radius 1 is 0.894 bits per heavy atom. The Kier molecular flexibility index (Phi) is 20.6. The molecule has 0 aliphatic carbocycles. The highest BCUT2D eigenvalue weighted by Gasteiger charge is 2.25. The lowest BCUT2D eigenvalue weighted by Crippen LogP contribution is -2.53. The molecule has 1 saturated heterocycles. The van der Waals surface area contributed by atoms with Crippen LogP contribution in [0.2, 0.25) is 0 Å². The first kappa shape index (κ1) is 41.2. The Labute approximate surface area is 287 Å². The van der Waals surface area contributed by atoms with Crippen molar-refractivity contribution in [3.05, 3.63) is 133 Å². The van der Waals surface area contributed by atoms with Gasteiger partial charge in [0.25, 0.3) is 0 Å². The minimum atomic E-state index is -0.0424. The van der Waals surface area contributed by atoms with Gasteiger partial charge in [-0.25, -0.2) is 0 Å². The number of piperazine rings is 1. The molecule has 3 rings (SSSR count). The molecule has 0 bridgehead atoms. The predicted octanol–water partition coefficient (Wildman–Crippen LogP) is 5.99. The van der Waals surface area contributed by atoms with E-state index >= 15 is 0 Å². The molecule has 3 unspecified atom stereocenters. The van der Waals surface area contributed by atoms with Crippen LogP contribution >= 0.6 is 0 Å². The van der Waals surface area contributed by atoms with Crippen LogP contribution in [0.4, 0.5) is 0 Å². The summed E-state index contributed by atoms with van der Waals surface area (Å²) in [5, 5.41) is 14.0. The molecular formula is C40H65N7. The highest BCUT2D eigenvalue weighted by molar-refractivity contribution is 5.22. The number of nitrogens with zero attached hydrogens (tertiary/aromatic N) is 1. The highest BCUT2D eigenvalue weighted by Crippen LogP contribution is 2.18. The number of nitrogens with one attached hydrogen (secondary N) is 4. The summed E-state index contributed by atoms with van der Waals surface area (Å²) < 4.78 is 0. The predicted molar refractivity (Wildman–Crippen MR) is 206 cm³/mol. The molecule has 2 aromatic carbocycles. The van der Waals surface area contributed by atoms with Crippen molar-refractivity contribution >= 4 is 0 Å². The third kappa shape index (κ3) is 18.2. The Bertz CT molecular complexity index is 1200. The van der Waals surface area contributed by atoms with Gasteiger partial charge in [0.05, 0.1) is 18.6 Å². The average molecular weight is 644 g/mol. The fourth-order valence-corrected chi connectivity index (χ4v) is 4.80. The number of benzene rings is 2. The summed E-state index contributed by atoms with van der Waals surface area (Å²) in [6.07, 6.45) is 2.57. The van der Waals surface area contributed by atoms with Crippen molar-refractivity contribution in [3.63, 3.8) is 0 Å². The van der Waals surface area contributed by atoms with Crippen LogP contribution in [-0.4, -0.2) is 62.3 Å². The Morgan fingerprint density at radius 2 is 1.47 bits per heavy atom. The molecule has 2 aromatic rings. The van der Waals surface area contributed by atoms with Crippen molar-refractivity contribution in [3.8, 4) is 0 Å². The lowest BCUT2D eigenvalue weighted by molar-refractivity contribution is 0.243. The summed E-state index contributed by atoms with van der Waals surface area (Å²) in [7, 11) is 0. The van der Waals surface area contributed by atoms with E-state index in [1.54, 1.807) is 0 Å². The van der Waals surface area contributed by atoms with Crippen LogP contribution in [0.3, 0.4) is 0 Å². The molecule has 0 amide bonds. The molecule has 7 heteroatoms. The molecule has 1 aliphatic rings. The third-order valence-electron chi connectivity index (χ3n) is 7.45. The number of hydrogen-bond donors (Lipinski definition) is 6. The van der Waals surface area contributed by atoms with Crippen LogP contribution in [0.15, 0.2) is 122 Å². The first-order chi connectivity index (χ1) is 22.4. The molecule has 0 saturated carbocycles. The van der Waals surface area contributed by atoms with E-state index in [0.717, 1.165) is 73.2 Å². The van der Waals surface area contributed by atoms with Crippen molar-refractivity contribution in [1.29, 1.82) is 0 Å². The number of rotatable bonds is 17. The zero-order valence-electron chi connectivity index (χ0n) is 30.1. The minimum absolute atomic E-state index is 0.0424. The quantitative estimate of drug-likeness (QED) is 0.118. The monoisotopic (exact) mass is 644 g/mol. The lowest BCUT2D eigenvalue weighted by Gasteiger charge is -2.39. The number of nitrogens with two attached hydrogens (primary N) is 2. The maximum Gasteiger partial charge on any atom is 0.0691 e. The van der Waals surface area contributed by atoms with Crippen LogP contribution in [0.5, 0.6) is 0 Å². The second-order valence-electron chi connectivity index (χ2n) is 13.0. The van der Waals surface area contributed by atoms with Gasteiger partial charge in [0.2, 0.25) is 0 Å². The van der Waals surface area contributed by atoms with Gasteiger partial charge in [-0.3, -0.25) is 0 Å². The normalized spacial score (nSPS) is 15.1. The van der Waals surface area contributed by atoms with Gasteiger partial charge in [-0.05, 0) is 51.1 Å². The van der Waals surface area contributed by atoms with E-state index in [2.05, 4.69) is 118 Å². The lowest BCUT2D eigenvalue weighted by atomic mass is 10.0. The smallest absolute Gasteiger partial charge is 0.0691 e. The number of aryl methyl sites for hydroxylation is 1. The van der Waals surface area contributed by atoms with Crippen molar-refractivity contribution in [2.45, 2.75) is 72.0 Å². The molecule has 260 valence electrons. The van der Waals surface area contributed by atoms with Crippen LogP contribution in [0, 0.1) is 12.8 Å². The third-order valence-corrected chi connectivity index (χ3v) is 7.45. The summed E-state index contributed by atoms with van der Waals surface area (Å²) in [5.74, 6) is 0.833. The largest absolute Gasteiger partial charge is 0.382 e. The average Bonchev–Trinajstić information content (AvgIpc) is 3.05. The molecule has 1 heterocycles. The molecule has 0 spiro atoms. The van der Waals surface area contributed by atoms with E-state index in [4.69, 9.17) is 11.5 Å². The van der Waals surface area contributed by atoms with Gasteiger partial charge < -0.3 is 37.6 Å². The molecule has 8 N–H and O–H groups in total. The molecule has 7 nitrogen and oxygen atoms in total. The maximum absolute atomic E-state index is 5.83. The van der Waals surface area contributed by atoms with Crippen molar-refractivity contribution in [1.82, 2.24) is 26.2 Å². The second kappa shape index (κ2) is 23.5. The summed E-state index contributed by atoms with van der Waals surface area (Å²) in [4.78, 5) is 2.35. The SMILES string of the molecule is C=C(CN)NC(Cc1ccccc1)C(=C)NCC(=C)NC(CCCN)C(=C)N1CCNC(C(=C)C)C1.CC(C)C.Cc1ccccc1. The Balaban J connectivity index is 0.000000848. The van der Waals surface area contributed by atoms with E-state index in [9.17, 15) is 0 Å². The molecule has 1 fully saturated rings. The number of hydrogen-bond acceptors (Lipinski definition) is 7. The fraction of sp³-hybridized carbons (Fsp3) is 0.450. The van der Waals surface area contributed by atoms with Crippen LogP contribution in [-0.2, 0) is 6.42 Å². The van der Waals surface area contributed by atoms with Gasteiger partial charge in [0, 0.05) is 55.0 Å². The molecule has 3 atom stereocenters. The molecular weight excluding hydrogens is 578 g/mol. The van der Waals surface area contributed by atoms with Gasteiger partial charge in [0.1, 0.15) is 0 Å². The summed E-state index contributed by atoms with van der Waals surface area (Å²) in [6.45, 7) is 36.0. The Morgan fingerprint density at radius 3 is 1.98 bits per heavy atom. The molecule has 1 aliphatic heterocycles. The van der Waals surface area contributed by atoms with Gasteiger partial charge >= 0.3 is 0 Å². The van der Waals surface area contributed by atoms with Gasteiger partial charge in [-0.2, -0.15) is 0 Å². The minimum Gasteiger partial charge on any atom is -0.382 e. The molecule has 0 radical (unpaired) electrons. The van der Waals surface area contributed by atoms with Crippen molar-refractivity contribution in [2.75, 3.05) is 39.3 Å². The van der Waals surface area contributed by atoms with Gasteiger partial charge in [0.15, 0.2) is 0 Å². The second-order valence-corrected chi connectivity index (χ2v) is 13.0. The zero-order chi connectivity index (χ0) is 35.2. The first-order valence-corrected chi connectivity index (χ1v) is 17.0. The zero-order valence-corrected chi connectivity index (χ0v) is 30.1. The molecule has 0 aromatic heterocycles. The van der Waals surface area contributed by atoms with E-state index in [1.807, 2.05) is 36.4 Å². The summed E-state index contributed by atoms with van der Waals surface area (Å²) >= 11 is 0.